The van der Waals surface area contributed by atoms with Gasteiger partial charge in [-0.15, -0.1) is 0 Å². The van der Waals surface area contributed by atoms with Gasteiger partial charge in [-0.1, -0.05) is 27.5 Å². The number of fused-ring (bicyclic) bond motifs is 1. The van der Waals surface area contributed by atoms with Crippen molar-refractivity contribution in [2.24, 2.45) is 0 Å². The van der Waals surface area contributed by atoms with E-state index in [4.69, 9.17) is 23.8 Å². The molecule has 0 aliphatic heterocycles. The fourth-order valence-electron chi connectivity index (χ4n) is 2.26. The van der Waals surface area contributed by atoms with Crippen molar-refractivity contribution in [2.75, 3.05) is 0 Å². The molecule has 2 heterocycles. The summed E-state index contributed by atoms with van der Waals surface area (Å²) in [5, 5.41) is 0.587. The number of hydrogen-bond donors (Lipinski definition) is 1. The second-order valence-electron chi connectivity index (χ2n) is 4.68. The van der Waals surface area contributed by atoms with Gasteiger partial charge in [0.25, 0.3) is 0 Å². The molecule has 20 heavy (non-hydrogen) atoms. The Balaban J connectivity index is 2.35. The van der Waals surface area contributed by atoms with E-state index in [0.29, 0.717) is 9.79 Å². The maximum atomic E-state index is 5.97. The van der Waals surface area contributed by atoms with E-state index in [-0.39, 0.29) is 0 Å². The van der Waals surface area contributed by atoms with Crippen LogP contribution in [0.2, 0.25) is 5.02 Å². The highest BCUT2D eigenvalue weighted by atomic mass is 79.9. The number of imidazole rings is 1. The summed E-state index contributed by atoms with van der Waals surface area (Å²) in [6.07, 6.45) is 1.63. The van der Waals surface area contributed by atoms with Gasteiger partial charge in [0.05, 0.1) is 16.2 Å². The van der Waals surface area contributed by atoms with Crippen molar-refractivity contribution in [1.29, 1.82) is 0 Å². The van der Waals surface area contributed by atoms with E-state index >= 15 is 0 Å². The minimum absolute atomic E-state index is 0.587. The van der Waals surface area contributed by atoms with Crippen LogP contribution >= 0.6 is 39.7 Å². The van der Waals surface area contributed by atoms with E-state index < -0.39 is 0 Å². The Kier molecular flexibility index (Phi) is 3.44. The molecule has 0 radical (unpaired) electrons. The molecule has 0 atom stereocenters. The third-order valence-electron chi connectivity index (χ3n) is 3.17. The fourth-order valence-corrected chi connectivity index (χ4v) is 2.95. The maximum absolute atomic E-state index is 5.97. The average molecular weight is 369 g/mol. The number of pyridine rings is 1. The van der Waals surface area contributed by atoms with E-state index in [1.165, 1.54) is 0 Å². The van der Waals surface area contributed by atoms with Crippen molar-refractivity contribution in [2.45, 2.75) is 13.8 Å². The summed E-state index contributed by atoms with van der Waals surface area (Å²) in [6.45, 7) is 4.12. The molecule has 1 aromatic carbocycles. The van der Waals surface area contributed by atoms with E-state index in [2.05, 4.69) is 51.9 Å². The number of hydrogen-bond acceptors (Lipinski definition) is 2. The normalized spacial score (nSPS) is 11.2. The molecule has 0 bridgehead atoms. The Labute approximate surface area is 134 Å². The summed E-state index contributed by atoms with van der Waals surface area (Å²) in [7, 11) is 0. The number of halogens is 2. The zero-order chi connectivity index (χ0) is 14.4. The molecule has 0 amide bonds. The first kappa shape index (κ1) is 13.8. The van der Waals surface area contributed by atoms with E-state index in [0.717, 1.165) is 32.5 Å². The summed E-state index contributed by atoms with van der Waals surface area (Å²) in [6, 6.07) is 5.99. The van der Waals surface area contributed by atoms with E-state index in [1.54, 1.807) is 6.20 Å². The molecule has 3 rings (SSSR count). The summed E-state index contributed by atoms with van der Waals surface area (Å²) in [4.78, 5) is 7.52. The van der Waals surface area contributed by atoms with E-state index in [1.807, 2.05) is 10.6 Å². The first-order valence-electron chi connectivity index (χ1n) is 6.01. The second-order valence-corrected chi connectivity index (χ2v) is 6.30. The Bertz CT molecular complexity index is 859. The van der Waals surface area contributed by atoms with Crippen LogP contribution in [-0.2, 0) is 0 Å². The predicted octanol–water partition coefficient (Wildman–Crippen LogP) is 5.12. The lowest BCUT2D eigenvalue weighted by atomic mass is 10.1. The third-order valence-corrected chi connectivity index (χ3v) is 4.91. The van der Waals surface area contributed by atoms with Gasteiger partial charge < -0.3 is 4.98 Å². The summed E-state index contributed by atoms with van der Waals surface area (Å²) in [5.74, 6) is 0. The molecule has 0 unspecified atom stereocenters. The highest BCUT2D eigenvalue weighted by Gasteiger charge is 2.10. The van der Waals surface area contributed by atoms with Crippen LogP contribution in [0, 0.1) is 18.6 Å². The van der Waals surface area contributed by atoms with Gasteiger partial charge in [-0.2, -0.15) is 0 Å². The smallest absolute Gasteiger partial charge is 0.183 e. The predicted molar refractivity (Wildman–Crippen MR) is 88.4 cm³/mol. The average Bonchev–Trinajstić information content (AvgIpc) is 2.70. The number of nitrogens with one attached hydrogen (secondary N) is 1. The maximum Gasteiger partial charge on any atom is 0.183 e. The highest BCUT2D eigenvalue weighted by molar-refractivity contribution is 9.10. The van der Waals surface area contributed by atoms with Crippen molar-refractivity contribution in [3.63, 3.8) is 0 Å². The van der Waals surface area contributed by atoms with Gasteiger partial charge in [0.2, 0.25) is 0 Å². The monoisotopic (exact) mass is 367 g/mol. The number of aromatic nitrogens is 3. The molecule has 0 spiro atoms. The highest BCUT2D eigenvalue weighted by Crippen LogP contribution is 2.27. The van der Waals surface area contributed by atoms with Crippen LogP contribution in [0.3, 0.4) is 0 Å². The first-order valence-corrected chi connectivity index (χ1v) is 7.58. The van der Waals surface area contributed by atoms with Crippen LogP contribution < -0.4 is 0 Å². The molecule has 3 aromatic rings. The van der Waals surface area contributed by atoms with Gasteiger partial charge in [-0.25, -0.2) is 4.98 Å². The summed E-state index contributed by atoms with van der Waals surface area (Å²) >= 11 is 15.0. The minimum atomic E-state index is 0.587. The molecule has 6 heteroatoms. The van der Waals surface area contributed by atoms with Crippen molar-refractivity contribution in [3.8, 4) is 5.69 Å². The number of nitrogens with zero attached hydrogens (tertiary/aromatic N) is 2. The Morgan fingerprint density at radius 1 is 1.25 bits per heavy atom. The topological polar surface area (TPSA) is 33.6 Å². The second kappa shape index (κ2) is 4.98. The lowest BCUT2D eigenvalue weighted by Gasteiger charge is -2.09. The van der Waals surface area contributed by atoms with Crippen molar-refractivity contribution in [3.05, 3.63) is 49.8 Å². The van der Waals surface area contributed by atoms with Gasteiger partial charge in [-0.05, 0) is 55.4 Å². The molecule has 3 nitrogen and oxygen atoms in total. The van der Waals surface area contributed by atoms with Crippen LogP contribution in [0.15, 0.2) is 28.9 Å². The van der Waals surface area contributed by atoms with Gasteiger partial charge in [0, 0.05) is 10.7 Å². The third kappa shape index (κ3) is 2.20. The first-order chi connectivity index (χ1) is 9.47. The molecular weight excluding hydrogens is 358 g/mol. The zero-order valence-electron chi connectivity index (χ0n) is 10.9. The largest absolute Gasteiger partial charge is 0.329 e. The molecule has 102 valence electrons. The quantitative estimate of drug-likeness (QED) is 0.605. The van der Waals surface area contributed by atoms with Crippen LogP contribution in [-0.4, -0.2) is 14.5 Å². The number of H-pyrrole nitrogens is 1. The number of benzene rings is 1. The minimum Gasteiger partial charge on any atom is -0.329 e. The van der Waals surface area contributed by atoms with Crippen molar-refractivity contribution in [1.82, 2.24) is 14.5 Å². The van der Waals surface area contributed by atoms with Crippen LogP contribution in [0.5, 0.6) is 0 Å². The Morgan fingerprint density at radius 2 is 1.90 bits per heavy atom. The van der Waals surface area contributed by atoms with Gasteiger partial charge >= 0.3 is 0 Å². The fraction of sp³-hybridized carbons (Fsp3) is 0.143. The van der Waals surface area contributed by atoms with E-state index in [9.17, 15) is 0 Å². The standard InChI is InChI=1S/C14H11BrClN3S/c1-7-3-10(4-8(2)12(7)15)19-13-11(18-14(19)20)5-9(16)6-17-13/h3-6H,1-2H3,(H,18,20). The van der Waals surface area contributed by atoms with Gasteiger partial charge in [0.1, 0.15) is 0 Å². The number of aromatic amines is 1. The van der Waals surface area contributed by atoms with Crippen molar-refractivity contribution < 1.29 is 0 Å². The lowest BCUT2D eigenvalue weighted by molar-refractivity contribution is 1.03. The zero-order valence-corrected chi connectivity index (χ0v) is 14.0. The summed E-state index contributed by atoms with van der Waals surface area (Å²) < 4.78 is 3.65. The van der Waals surface area contributed by atoms with Crippen LogP contribution in [0.25, 0.3) is 16.9 Å². The Hall–Kier alpha value is -1.17. The molecule has 0 aliphatic carbocycles. The lowest BCUT2D eigenvalue weighted by Crippen LogP contribution is -1.97. The molecule has 1 N–H and O–H groups in total. The van der Waals surface area contributed by atoms with Gasteiger partial charge in [-0.3, -0.25) is 4.57 Å². The molecule has 0 saturated heterocycles. The molecular formula is C14H11BrClN3S. The summed E-state index contributed by atoms with van der Waals surface area (Å²) in [5.41, 5.74) is 4.92. The molecule has 0 fully saturated rings. The molecule has 0 saturated carbocycles. The Morgan fingerprint density at radius 3 is 2.55 bits per heavy atom. The van der Waals surface area contributed by atoms with Crippen molar-refractivity contribution >= 4 is 50.9 Å². The molecule has 0 aliphatic rings. The van der Waals surface area contributed by atoms with Crippen LogP contribution in [0.1, 0.15) is 11.1 Å². The van der Waals surface area contributed by atoms with Gasteiger partial charge in [0.15, 0.2) is 10.4 Å². The number of aryl methyl sites for hydroxylation is 2. The molecule has 2 aromatic heterocycles. The number of rotatable bonds is 1. The SMILES string of the molecule is Cc1cc(-n2c(=S)[nH]c3cc(Cl)cnc32)cc(C)c1Br. The van der Waals surface area contributed by atoms with Crippen LogP contribution in [0.4, 0.5) is 0 Å².